The molecule has 1 aliphatic heterocycles. The minimum atomic E-state index is -3.49. The Bertz CT molecular complexity index is 552. The molecule has 1 unspecified atom stereocenters. The van der Waals surface area contributed by atoms with Crippen molar-refractivity contribution in [1.29, 1.82) is 0 Å². The summed E-state index contributed by atoms with van der Waals surface area (Å²) >= 11 is 0. The summed E-state index contributed by atoms with van der Waals surface area (Å²) in [5, 5.41) is 3.04. The van der Waals surface area contributed by atoms with Crippen LogP contribution in [0.15, 0.2) is 23.1 Å². The number of nitrogens with one attached hydrogen (secondary N) is 2. The molecule has 6 heteroatoms. The zero-order valence-corrected chi connectivity index (χ0v) is 12.8. The average molecular weight is 298 g/mol. The predicted octanol–water partition coefficient (Wildman–Crippen LogP) is 1.04. The van der Waals surface area contributed by atoms with Crippen molar-refractivity contribution < 1.29 is 13.2 Å². The molecule has 0 aromatic heterocycles. The van der Waals surface area contributed by atoms with Gasteiger partial charge in [0.25, 0.3) is 0 Å². The first kappa shape index (κ1) is 15.4. The summed E-state index contributed by atoms with van der Waals surface area (Å²) < 4.78 is 33.0. The van der Waals surface area contributed by atoms with Crippen LogP contribution in [-0.2, 0) is 27.7 Å². The van der Waals surface area contributed by atoms with E-state index in [0.717, 1.165) is 17.5 Å². The number of hydrogen-bond acceptors (Lipinski definition) is 4. The van der Waals surface area contributed by atoms with Crippen molar-refractivity contribution in [3.63, 3.8) is 0 Å². The van der Waals surface area contributed by atoms with Gasteiger partial charge in [0.15, 0.2) is 0 Å². The van der Waals surface area contributed by atoms with Crippen LogP contribution in [0, 0.1) is 0 Å². The summed E-state index contributed by atoms with van der Waals surface area (Å²) in [5.74, 6) is 0. The minimum absolute atomic E-state index is 0.113. The molecular formula is C14H22N2O3S. The smallest absolute Gasteiger partial charge is 0.241 e. The van der Waals surface area contributed by atoms with E-state index in [9.17, 15) is 8.42 Å². The maximum Gasteiger partial charge on any atom is 0.241 e. The zero-order valence-electron chi connectivity index (χ0n) is 12.0. The Morgan fingerprint density at radius 1 is 1.40 bits per heavy atom. The van der Waals surface area contributed by atoms with Crippen molar-refractivity contribution in [2.45, 2.75) is 37.2 Å². The highest BCUT2D eigenvalue weighted by Crippen LogP contribution is 2.20. The molecule has 0 spiro atoms. The molecule has 1 aromatic carbocycles. The number of sulfonamides is 1. The first-order valence-electron chi connectivity index (χ1n) is 6.93. The van der Waals surface area contributed by atoms with Gasteiger partial charge in [-0.15, -0.1) is 0 Å². The molecule has 0 amide bonds. The molecule has 1 heterocycles. The quantitative estimate of drug-likeness (QED) is 0.823. The van der Waals surface area contributed by atoms with Crippen LogP contribution in [-0.4, -0.2) is 34.7 Å². The van der Waals surface area contributed by atoms with Crippen LogP contribution >= 0.6 is 0 Å². The van der Waals surface area contributed by atoms with E-state index in [1.54, 1.807) is 6.07 Å². The van der Waals surface area contributed by atoms with Gasteiger partial charge in [-0.25, -0.2) is 13.1 Å². The lowest BCUT2D eigenvalue weighted by Crippen LogP contribution is -2.35. The summed E-state index contributed by atoms with van der Waals surface area (Å²) in [6.45, 7) is 3.69. The lowest BCUT2D eigenvalue weighted by Gasteiger charge is -2.15. The standard InChI is InChI=1S/C14H22N2O3S/c1-3-12-5-4-11(9-15-2)8-14(12)20(17,18)16-13-6-7-19-10-13/h4-5,8,13,15-16H,3,6-7,9-10H2,1-2H3. The molecule has 1 fully saturated rings. The lowest BCUT2D eigenvalue weighted by molar-refractivity contribution is 0.192. The van der Waals surface area contributed by atoms with Crippen molar-refractivity contribution in [3.05, 3.63) is 29.3 Å². The molecule has 2 rings (SSSR count). The second kappa shape index (κ2) is 6.67. The van der Waals surface area contributed by atoms with Crippen LogP contribution in [0.25, 0.3) is 0 Å². The normalized spacial score (nSPS) is 19.4. The van der Waals surface area contributed by atoms with Crippen molar-refractivity contribution in [2.24, 2.45) is 0 Å². The monoisotopic (exact) mass is 298 g/mol. The topological polar surface area (TPSA) is 67.4 Å². The molecule has 112 valence electrons. The molecule has 1 aliphatic rings. The first-order chi connectivity index (χ1) is 9.56. The van der Waals surface area contributed by atoms with Gasteiger partial charge in [0.2, 0.25) is 10.0 Å². The van der Waals surface area contributed by atoms with Crippen LogP contribution in [0.2, 0.25) is 0 Å². The first-order valence-corrected chi connectivity index (χ1v) is 8.41. The van der Waals surface area contributed by atoms with Crippen LogP contribution in [0.5, 0.6) is 0 Å². The molecule has 0 aliphatic carbocycles. The lowest BCUT2D eigenvalue weighted by atomic mass is 10.1. The van der Waals surface area contributed by atoms with E-state index in [0.29, 0.717) is 31.1 Å². The molecule has 5 nitrogen and oxygen atoms in total. The van der Waals surface area contributed by atoms with E-state index in [2.05, 4.69) is 10.0 Å². The predicted molar refractivity (Wildman–Crippen MR) is 78.1 cm³/mol. The SMILES string of the molecule is CCc1ccc(CNC)cc1S(=O)(=O)NC1CCOC1. The van der Waals surface area contributed by atoms with Crippen molar-refractivity contribution in [2.75, 3.05) is 20.3 Å². The Morgan fingerprint density at radius 2 is 2.20 bits per heavy atom. The molecule has 1 saturated heterocycles. The van der Waals surface area contributed by atoms with E-state index in [1.165, 1.54) is 0 Å². The molecule has 20 heavy (non-hydrogen) atoms. The van der Waals surface area contributed by atoms with Gasteiger partial charge in [-0.05, 0) is 37.1 Å². The van der Waals surface area contributed by atoms with Gasteiger partial charge in [-0.2, -0.15) is 0 Å². The van der Waals surface area contributed by atoms with E-state index < -0.39 is 10.0 Å². The van der Waals surface area contributed by atoms with E-state index in [1.807, 2.05) is 26.1 Å². The molecule has 1 atom stereocenters. The van der Waals surface area contributed by atoms with Gasteiger partial charge in [0, 0.05) is 19.2 Å². The largest absolute Gasteiger partial charge is 0.380 e. The summed E-state index contributed by atoms with van der Waals surface area (Å²) in [6.07, 6.45) is 1.42. The van der Waals surface area contributed by atoms with Gasteiger partial charge in [0.1, 0.15) is 0 Å². The second-order valence-electron chi connectivity index (χ2n) is 5.01. The van der Waals surface area contributed by atoms with Crippen LogP contribution in [0.4, 0.5) is 0 Å². The fraction of sp³-hybridized carbons (Fsp3) is 0.571. The van der Waals surface area contributed by atoms with Crippen LogP contribution in [0.3, 0.4) is 0 Å². The highest BCUT2D eigenvalue weighted by atomic mass is 32.2. The Morgan fingerprint density at radius 3 is 2.80 bits per heavy atom. The molecule has 0 bridgehead atoms. The Balaban J connectivity index is 2.29. The number of ether oxygens (including phenoxy) is 1. The van der Waals surface area contributed by atoms with Crippen LogP contribution < -0.4 is 10.0 Å². The third-order valence-corrected chi connectivity index (χ3v) is 5.04. The fourth-order valence-corrected chi connectivity index (χ4v) is 3.98. The number of rotatable bonds is 6. The molecule has 2 N–H and O–H groups in total. The average Bonchev–Trinajstić information content (AvgIpc) is 2.91. The maximum atomic E-state index is 12.5. The van der Waals surface area contributed by atoms with E-state index in [4.69, 9.17) is 4.74 Å². The summed E-state index contributed by atoms with van der Waals surface area (Å²) in [6, 6.07) is 5.50. The highest BCUT2D eigenvalue weighted by Gasteiger charge is 2.25. The fourth-order valence-electron chi connectivity index (χ4n) is 2.37. The maximum absolute atomic E-state index is 12.5. The van der Waals surface area contributed by atoms with Gasteiger partial charge in [-0.3, -0.25) is 0 Å². The molecule has 1 aromatic rings. The zero-order chi connectivity index (χ0) is 14.6. The highest BCUT2D eigenvalue weighted by molar-refractivity contribution is 7.89. The molecule has 0 saturated carbocycles. The van der Waals surface area contributed by atoms with Gasteiger partial charge in [-0.1, -0.05) is 19.1 Å². The number of hydrogen-bond donors (Lipinski definition) is 2. The van der Waals surface area contributed by atoms with Gasteiger partial charge in [0.05, 0.1) is 11.5 Å². The Labute approximate surface area is 120 Å². The van der Waals surface area contributed by atoms with Crippen LogP contribution in [0.1, 0.15) is 24.5 Å². The second-order valence-corrected chi connectivity index (χ2v) is 6.69. The summed E-state index contributed by atoms with van der Waals surface area (Å²) in [5.41, 5.74) is 1.81. The van der Waals surface area contributed by atoms with Gasteiger partial charge < -0.3 is 10.1 Å². The van der Waals surface area contributed by atoms with E-state index >= 15 is 0 Å². The van der Waals surface area contributed by atoms with Crippen molar-refractivity contribution >= 4 is 10.0 Å². The minimum Gasteiger partial charge on any atom is -0.380 e. The van der Waals surface area contributed by atoms with Gasteiger partial charge >= 0.3 is 0 Å². The van der Waals surface area contributed by atoms with Crippen molar-refractivity contribution in [3.8, 4) is 0 Å². The molecule has 0 radical (unpaired) electrons. The summed E-state index contributed by atoms with van der Waals surface area (Å²) in [4.78, 5) is 0.389. The Kier molecular flexibility index (Phi) is 5.15. The van der Waals surface area contributed by atoms with E-state index in [-0.39, 0.29) is 6.04 Å². The summed E-state index contributed by atoms with van der Waals surface area (Å²) in [7, 11) is -1.64. The molecular weight excluding hydrogens is 276 g/mol. The van der Waals surface area contributed by atoms with Crippen molar-refractivity contribution in [1.82, 2.24) is 10.0 Å². The Hall–Kier alpha value is -0.950. The number of benzene rings is 1. The third-order valence-electron chi connectivity index (χ3n) is 3.43. The third kappa shape index (κ3) is 3.58. The number of aryl methyl sites for hydroxylation is 1.